The second-order valence-electron chi connectivity index (χ2n) is 14.7. The third-order valence-electron chi connectivity index (χ3n) is 8.54. The van der Waals surface area contributed by atoms with Crippen molar-refractivity contribution in [3.63, 3.8) is 0 Å². The van der Waals surface area contributed by atoms with Gasteiger partial charge in [-0.25, -0.2) is 9.48 Å². The summed E-state index contributed by atoms with van der Waals surface area (Å²) in [5.74, 6) is -0.438. The second kappa shape index (κ2) is 12.2. The van der Waals surface area contributed by atoms with Crippen molar-refractivity contribution in [2.75, 3.05) is 0 Å². The van der Waals surface area contributed by atoms with Gasteiger partial charge in [-0.3, -0.25) is 4.79 Å². The van der Waals surface area contributed by atoms with Crippen LogP contribution in [0.1, 0.15) is 104 Å². The Bertz CT molecular complexity index is 1740. The van der Waals surface area contributed by atoms with Gasteiger partial charge in [0, 0.05) is 17.9 Å². The van der Waals surface area contributed by atoms with Crippen LogP contribution in [-0.4, -0.2) is 59.2 Å². The molecule has 46 heavy (non-hydrogen) atoms. The molecule has 1 saturated heterocycles. The van der Waals surface area contributed by atoms with Gasteiger partial charge in [-0.1, -0.05) is 41.6 Å². The number of ether oxygens (including phenoxy) is 2. The lowest BCUT2D eigenvalue weighted by Crippen LogP contribution is -2.49. The van der Waals surface area contributed by atoms with Gasteiger partial charge in [0.2, 0.25) is 0 Å². The molecule has 0 bridgehead atoms. The minimum atomic E-state index is -0.585. The Morgan fingerprint density at radius 3 is 2.33 bits per heavy atom. The summed E-state index contributed by atoms with van der Waals surface area (Å²) in [6.07, 6.45) is 2.57. The van der Waals surface area contributed by atoms with Crippen LogP contribution < -0.4 is 0 Å². The smallest absolute Gasteiger partial charge is 0.340 e. The monoisotopic (exact) mass is 625 g/mol. The van der Waals surface area contributed by atoms with Gasteiger partial charge in [-0.2, -0.15) is 0 Å². The van der Waals surface area contributed by atoms with E-state index in [4.69, 9.17) is 9.47 Å². The third kappa shape index (κ3) is 7.09. The van der Waals surface area contributed by atoms with Gasteiger partial charge < -0.3 is 18.9 Å². The van der Waals surface area contributed by atoms with Crippen LogP contribution in [-0.2, 0) is 22.6 Å². The van der Waals surface area contributed by atoms with Crippen molar-refractivity contribution >= 4 is 11.9 Å². The molecule has 1 atom stereocenters. The number of amides is 1. The van der Waals surface area contributed by atoms with Gasteiger partial charge in [0.05, 0.1) is 46.8 Å². The molecule has 9 heteroatoms. The largest absolute Gasteiger partial charge is 0.456 e. The Morgan fingerprint density at radius 1 is 1.00 bits per heavy atom. The number of hydrogen-bond donors (Lipinski definition) is 0. The summed E-state index contributed by atoms with van der Waals surface area (Å²) >= 11 is 0. The molecule has 2 aromatic heterocycles. The lowest BCUT2D eigenvalue weighted by molar-refractivity contribution is -0.0785. The molecule has 1 aliphatic heterocycles. The van der Waals surface area contributed by atoms with Crippen molar-refractivity contribution in [3.8, 4) is 5.69 Å². The zero-order valence-electron chi connectivity index (χ0n) is 28.8. The lowest BCUT2D eigenvalue weighted by Gasteiger charge is -2.37. The van der Waals surface area contributed by atoms with Crippen LogP contribution in [0.2, 0.25) is 0 Å². The molecule has 244 valence electrons. The quantitative estimate of drug-likeness (QED) is 0.196. The summed E-state index contributed by atoms with van der Waals surface area (Å²) in [5.41, 5.74) is 4.72. The number of carbonyl (C=O) groups is 2. The van der Waals surface area contributed by atoms with Gasteiger partial charge >= 0.3 is 5.97 Å². The SMILES string of the molecule is Cc1ccc(C(=O)N(Cc2ccccc2)C2CC(C)(C)OC2(C)C)c(-n2cc(Cn3c(C)cc(C(=O)OC(C)(C)C)c3C)nn2)c1. The van der Waals surface area contributed by atoms with E-state index in [1.54, 1.807) is 4.68 Å². The van der Waals surface area contributed by atoms with Gasteiger partial charge in [0.1, 0.15) is 11.3 Å². The highest BCUT2D eigenvalue weighted by atomic mass is 16.6. The summed E-state index contributed by atoms with van der Waals surface area (Å²) in [4.78, 5) is 29.5. The molecule has 1 unspecified atom stereocenters. The van der Waals surface area contributed by atoms with Crippen molar-refractivity contribution in [1.82, 2.24) is 24.5 Å². The molecule has 0 spiro atoms. The van der Waals surface area contributed by atoms with Crippen molar-refractivity contribution in [2.45, 2.75) is 112 Å². The fourth-order valence-electron chi connectivity index (χ4n) is 6.52. The molecular weight excluding hydrogens is 578 g/mol. The number of rotatable bonds is 8. The predicted molar refractivity (Wildman–Crippen MR) is 178 cm³/mol. The standard InChI is InChI=1S/C37H47N5O4/c1-24-16-17-29(33(43)41(21-27-14-12-11-13-15-27)32-20-36(7,8)46-37(32,9)10)31(18-24)42-23-28(38-39-42)22-40-25(2)19-30(26(40)3)34(44)45-35(4,5)6/h11-19,23,32H,20-22H2,1-10H3. The number of esters is 1. The summed E-state index contributed by atoms with van der Waals surface area (Å²) < 4.78 is 15.8. The molecule has 4 aromatic rings. The molecule has 1 fully saturated rings. The number of aryl methyl sites for hydroxylation is 2. The third-order valence-corrected chi connectivity index (χ3v) is 8.54. The van der Waals surface area contributed by atoms with Crippen LogP contribution in [0.25, 0.3) is 5.69 Å². The Labute approximate surface area is 272 Å². The van der Waals surface area contributed by atoms with E-state index in [2.05, 4.69) is 38.0 Å². The van der Waals surface area contributed by atoms with E-state index in [9.17, 15) is 9.59 Å². The highest BCUT2D eigenvalue weighted by Crippen LogP contribution is 2.41. The van der Waals surface area contributed by atoms with E-state index in [1.165, 1.54) is 0 Å². The van der Waals surface area contributed by atoms with Gasteiger partial charge in [-0.15, -0.1) is 5.10 Å². The normalized spacial score (nSPS) is 17.2. The van der Waals surface area contributed by atoms with Crippen LogP contribution in [0.5, 0.6) is 0 Å². The van der Waals surface area contributed by atoms with Crippen molar-refractivity contribution < 1.29 is 19.1 Å². The van der Waals surface area contributed by atoms with Crippen LogP contribution in [0.3, 0.4) is 0 Å². The number of aromatic nitrogens is 4. The number of carbonyl (C=O) groups excluding carboxylic acids is 2. The first-order valence-electron chi connectivity index (χ1n) is 15.9. The average molecular weight is 626 g/mol. The molecule has 5 rings (SSSR count). The Balaban J connectivity index is 1.48. The molecule has 0 aliphatic carbocycles. The van der Waals surface area contributed by atoms with Crippen LogP contribution >= 0.6 is 0 Å². The number of hydrogen-bond acceptors (Lipinski definition) is 6. The van der Waals surface area contributed by atoms with E-state index in [1.807, 2.05) is 112 Å². The average Bonchev–Trinajstić information content (AvgIpc) is 3.60. The minimum Gasteiger partial charge on any atom is -0.456 e. The fraction of sp³-hybridized carbons (Fsp3) is 0.459. The zero-order chi connectivity index (χ0) is 33.6. The van der Waals surface area contributed by atoms with E-state index in [0.717, 1.165) is 22.5 Å². The Hall–Kier alpha value is -4.24. The summed E-state index contributed by atoms with van der Waals surface area (Å²) in [7, 11) is 0. The van der Waals surface area contributed by atoms with Gasteiger partial charge in [-0.05, 0) is 105 Å². The topological polar surface area (TPSA) is 91.5 Å². The fourth-order valence-corrected chi connectivity index (χ4v) is 6.52. The summed E-state index contributed by atoms with van der Waals surface area (Å²) in [6, 6.07) is 17.6. The summed E-state index contributed by atoms with van der Waals surface area (Å²) in [5, 5.41) is 8.95. The van der Waals surface area contributed by atoms with Gasteiger partial charge in [0.15, 0.2) is 0 Å². The molecule has 1 amide bonds. The van der Waals surface area contributed by atoms with E-state index in [-0.39, 0.29) is 23.5 Å². The van der Waals surface area contributed by atoms with Crippen LogP contribution in [0.4, 0.5) is 0 Å². The number of benzene rings is 2. The van der Waals surface area contributed by atoms with E-state index in [0.29, 0.717) is 42.0 Å². The molecule has 9 nitrogen and oxygen atoms in total. The molecule has 0 saturated carbocycles. The maximum atomic E-state index is 14.7. The van der Waals surface area contributed by atoms with Crippen LogP contribution in [0.15, 0.2) is 60.8 Å². The highest BCUT2D eigenvalue weighted by Gasteiger charge is 2.50. The Morgan fingerprint density at radius 2 is 1.70 bits per heavy atom. The molecule has 3 heterocycles. The molecule has 0 N–H and O–H groups in total. The highest BCUT2D eigenvalue weighted by molar-refractivity contribution is 5.98. The van der Waals surface area contributed by atoms with Crippen LogP contribution in [0, 0.1) is 20.8 Å². The maximum Gasteiger partial charge on any atom is 0.340 e. The Kier molecular flexibility index (Phi) is 8.77. The lowest BCUT2D eigenvalue weighted by atomic mass is 9.91. The van der Waals surface area contributed by atoms with Crippen molar-refractivity contribution in [1.29, 1.82) is 0 Å². The number of nitrogens with zero attached hydrogens (tertiary/aromatic N) is 5. The first-order chi connectivity index (χ1) is 21.4. The molecule has 0 radical (unpaired) electrons. The van der Waals surface area contributed by atoms with E-state index >= 15 is 0 Å². The van der Waals surface area contributed by atoms with Crippen molar-refractivity contribution in [2.24, 2.45) is 0 Å². The maximum absolute atomic E-state index is 14.7. The first kappa shape index (κ1) is 33.1. The molecule has 2 aromatic carbocycles. The molecular formula is C37H47N5O4. The summed E-state index contributed by atoms with van der Waals surface area (Å²) in [6.45, 7) is 20.6. The second-order valence-corrected chi connectivity index (χ2v) is 14.7. The van der Waals surface area contributed by atoms with Crippen molar-refractivity contribution in [3.05, 3.63) is 100 Å². The molecule has 1 aliphatic rings. The van der Waals surface area contributed by atoms with E-state index < -0.39 is 11.2 Å². The zero-order valence-corrected chi connectivity index (χ0v) is 28.8. The van der Waals surface area contributed by atoms with Gasteiger partial charge in [0.25, 0.3) is 5.91 Å². The minimum absolute atomic E-state index is 0.0885. The predicted octanol–water partition coefficient (Wildman–Crippen LogP) is 6.99. The first-order valence-corrected chi connectivity index (χ1v) is 15.9.